The minimum absolute atomic E-state index is 0.350. The van der Waals surface area contributed by atoms with Crippen LogP contribution in [-0.4, -0.2) is 11.9 Å². The SMILES string of the molecule is CC(C)=C1C(=O)OC(=O)/C1=C\Cc1cc(C)oc1C. The third kappa shape index (κ3) is 2.52. The first-order chi connectivity index (χ1) is 8.90. The molecule has 2 heterocycles. The zero-order chi connectivity index (χ0) is 14.2. The smallest absolute Gasteiger partial charge is 0.346 e. The molecule has 19 heavy (non-hydrogen) atoms. The predicted octanol–water partition coefficient (Wildman–Crippen LogP) is 2.79. The summed E-state index contributed by atoms with van der Waals surface area (Å²) >= 11 is 0. The van der Waals surface area contributed by atoms with E-state index in [1.807, 2.05) is 19.9 Å². The van der Waals surface area contributed by atoms with E-state index in [0.717, 1.165) is 22.7 Å². The van der Waals surface area contributed by atoms with Gasteiger partial charge in [0.05, 0.1) is 11.1 Å². The molecule has 1 aliphatic rings. The molecule has 4 nitrogen and oxygen atoms in total. The van der Waals surface area contributed by atoms with Crippen LogP contribution < -0.4 is 0 Å². The lowest BCUT2D eigenvalue weighted by Gasteiger charge is -1.97. The molecule has 0 atom stereocenters. The molecular weight excluding hydrogens is 244 g/mol. The molecule has 0 amide bonds. The van der Waals surface area contributed by atoms with Gasteiger partial charge >= 0.3 is 11.9 Å². The minimum atomic E-state index is -0.570. The average molecular weight is 260 g/mol. The van der Waals surface area contributed by atoms with Crippen molar-refractivity contribution in [3.63, 3.8) is 0 Å². The molecule has 0 aromatic carbocycles. The first-order valence-corrected chi connectivity index (χ1v) is 6.10. The number of rotatable bonds is 2. The Bertz CT molecular complexity index is 610. The Morgan fingerprint density at radius 2 is 1.89 bits per heavy atom. The molecule has 0 N–H and O–H groups in total. The lowest BCUT2D eigenvalue weighted by Crippen LogP contribution is -1.97. The van der Waals surface area contributed by atoms with Gasteiger partial charge in [-0.25, -0.2) is 9.59 Å². The zero-order valence-corrected chi connectivity index (χ0v) is 11.5. The van der Waals surface area contributed by atoms with Gasteiger partial charge in [-0.1, -0.05) is 11.6 Å². The summed E-state index contributed by atoms with van der Waals surface area (Å²) in [6.45, 7) is 7.33. The van der Waals surface area contributed by atoms with Crippen LogP contribution in [0, 0.1) is 13.8 Å². The van der Waals surface area contributed by atoms with Crippen LogP contribution in [0.15, 0.2) is 33.3 Å². The van der Waals surface area contributed by atoms with E-state index >= 15 is 0 Å². The van der Waals surface area contributed by atoms with Gasteiger partial charge in [0.2, 0.25) is 0 Å². The molecule has 0 saturated carbocycles. The van der Waals surface area contributed by atoms with Crippen molar-refractivity contribution >= 4 is 11.9 Å². The van der Waals surface area contributed by atoms with E-state index in [4.69, 9.17) is 4.42 Å². The number of cyclic esters (lactones) is 2. The summed E-state index contributed by atoms with van der Waals surface area (Å²) in [6.07, 6.45) is 2.27. The van der Waals surface area contributed by atoms with Crippen molar-refractivity contribution in [3.8, 4) is 0 Å². The highest BCUT2D eigenvalue weighted by Crippen LogP contribution is 2.26. The number of hydrogen-bond acceptors (Lipinski definition) is 4. The fraction of sp³-hybridized carbons (Fsp3) is 0.333. The predicted molar refractivity (Wildman–Crippen MR) is 69.4 cm³/mol. The molecule has 1 fully saturated rings. The van der Waals surface area contributed by atoms with Gasteiger partial charge in [0.15, 0.2) is 0 Å². The van der Waals surface area contributed by atoms with E-state index in [1.165, 1.54) is 0 Å². The molecule has 1 aliphatic heterocycles. The van der Waals surface area contributed by atoms with Gasteiger partial charge in [0, 0.05) is 0 Å². The normalized spacial score (nSPS) is 17.3. The number of carbonyl (C=O) groups excluding carboxylic acids is 2. The largest absolute Gasteiger partial charge is 0.466 e. The van der Waals surface area contributed by atoms with Crippen LogP contribution >= 0.6 is 0 Å². The Balaban J connectivity index is 2.32. The van der Waals surface area contributed by atoms with Crippen molar-refractivity contribution in [3.05, 3.63) is 45.9 Å². The van der Waals surface area contributed by atoms with Crippen LogP contribution in [0.5, 0.6) is 0 Å². The van der Waals surface area contributed by atoms with E-state index in [1.54, 1.807) is 19.9 Å². The molecule has 0 unspecified atom stereocenters. The molecular formula is C15H16O4. The van der Waals surface area contributed by atoms with E-state index in [9.17, 15) is 9.59 Å². The topological polar surface area (TPSA) is 56.5 Å². The summed E-state index contributed by atoms with van der Waals surface area (Å²) in [4.78, 5) is 23.2. The van der Waals surface area contributed by atoms with Crippen molar-refractivity contribution < 1.29 is 18.7 Å². The molecule has 100 valence electrons. The first-order valence-electron chi connectivity index (χ1n) is 6.10. The number of aryl methyl sites for hydroxylation is 2. The van der Waals surface area contributed by atoms with E-state index in [-0.39, 0.29) is 0 Å². The van der Waals surface area contributed by atoms with Crippen LogP contribution in [0.4, 0.5) is 0 Å². The Hall–Kier alpha value is -2.10. The molecule has 0 radical (unpaired) electrons. The monoisotopic (exact) mass is 260 g/mol. The third-order valence-electron chi connectivity index (χ3n) is 3.05. The standard InChI is InChI=1S/C15H16O4/c1-8(2)13-12(14(16)19-15(13)17)6-5-11-7-9(3)18-10(11)4/h6-7H,5H2,1-4H3/b12-6-. The highest BCUT2D eigenvalue weighted by Gasteiger charge is 2.33. The van der Waals surface area contributed by atoms with Crippen molar-refractivity contribution in [2.45, 2.75) is 34.1 Å². The number of furan rings is 1. The maximum Gasteiger partial charge on any atom is 0.346 e. The van der Waals surface area contributed by atoms with Crippen molar-refractivity contribution in [1.82, 2.24) is 0 Å². The second-order valence-electron chi connectivity index (χ2n) is 4.81. The Labute approximate surface area is 111 Å². The van der Waals surface area contributed by atoms with Crippen molar-refractivity contribution in [2.24, 2.45) is 0 Å². The zero-order valence-electron chi connectivity index (χ0n) is 11.5. The summed E-state index contributed by atoms with van der Waals surface area (Å²) in [7, 11) is 0. The summed E-state index contributed by atoms with van der Waals surface area (Å²) in [6, 6.07) is 1.93. The van der Waals surface area contributed by atoms with Gasteiger partial charge in [-0.05, 0) is 45.7 Å². The van der Waals surface area contributed by atoms with Gasteiger partial charge in [-0.2, -0.15) is 0 Å². The van der Waals surface area contributed by atoms with Gasteiger partial charge < -0.3 is 9.15 Å². The van der Waals surface area contributed by atoms with Gasteiger partial charge in [-0.15, -0.1) is 0 Å². The maximum absolute atomic E-state index is 11.6. The van der Waals surface area contributed by atoms with Crippen molar-refractivity contribution in [1.29, 1.82) is 0 Å². The molecule has 1 aromatic rings. The van der Waals surface area contributed by atoms with E-state index in [0.29, 0.717) is 17.6 Å². The molecule has 2 rings (SSSR count). The number of allylic oxidation sites excluding steroid dienone is 2. The summed E-state index contributed by atoms with van der Waals surface area (Å²) in [5.74, 6) is 0.527. The van der Waals surface area contributed by atoms with Crippen LogP contribution in [0.2, 0.25) is 0 Å². The van der Waals surface area contributed by atoms with Crippen LogP contribution in [0.1, 0.15) is 30.9 Å². The van der Waals surface area contributed by atoms with Gasteiger partial charge in [-0.3, -0.25) is 0 Å². The van der Waals surface area contributed by atoms with Crippen LogP contribution in [0.3, 0.4) is 0 Å². The molecule has 0 bridgehead atoms. The fourth-order valence-electron chi connectivity index (χ4n) is 2.16. The van der Waals surface area contributed by atoms with Gasteiger partial charge in [0.1, 0.15) is 11.5 Å². The quantitative estimate of drug-likeness (QED) is 0.466. The van der Waals surface area contributed by atoms with Gasteiger partial charge in [0.25, 0.3) is 0 Å². The number of carbonyl (C=O) groups is 2. The highest BCUT2D eigenvalue weighted by molar-refractivity contribution is 6.18. The van der Waals surface area contributed by atoms with Crippen molar-refractivity contribution in [2.75, 3.05) is 0 Å². The molecule has 0 spiro atoms. The third-order valence-corrected chi connectivity index (χ3v) is 3.05. The number of ether oxygens (including phenoxy) is 1. The highest BCUT2D eigenvalue weighted by atomic mass is 16.6. The Morgan fingerprint density at radius 3 is 2.42 bits per heavy atom. The Kier molecular flexibility index (Phi) is 3.42. The van der Waals surface area contributed by atoms with Crippen LogP contribution in [0.25, 0.3) is 0 Å². The lowest BCUT2D eigenvalue weighted by molar-refractivity contribution is -0.149. The Morgan fingerprint density at radius 1 is 1.21 bits per heavy atom. The number of hydrogen-bond donors (Lipinski definition) is 0. The van der Waals surface area contributed by atoms with E-state index in [2.05, 4.69) is 4.74 Å². The molecule has 1 saturated heterocycles. The number of esters is 2. The molecule has 1 aromatic heterocycles. The minimum Gasteiger partial charge on any atom is -0.466 e. The van der Waals surface area contributed by atoms with E-state index < -0.39 is 11.9 Å². The summed E-state index contributed by atoms with van der Waals surface area (Å²) in [5.41, 5.74) is 2.51. The molecule has 4 heteroatoms. The average Bonchev–Trinajstić information content (AvgIpc) is 2.75. The summed E-state index contributed by atoms with van der Waals surface area (Å²) < 4.78 is 10.1. The second kappa shape index (κ2) is 4.88. The second-order valence-corrected chi connectivity index (χ2v) is 4.81. The fourth-order valence-corrected chi connectivity index (χ4v) is 2.16. The maximum atomic E-state index is 11.6. The first kappa shape index (κ1) is 13.3. The summed E-state index contributed by atoms with van der Waals surface area (Å²) in [5, 5.41) is 0. The van der Waals surface area contributed by atoms with Crippen LogP contribution in [-0.2, 0) is 20.7 Å². The molecule has 0 aliphatic carbocycles. The lowest BCUT2D eigenvalue weighted by atomic mass is 10.0.